The van der Waals surface area contributed by atoms with Crippen LogP contribution in [0.5, 0.6) is 0 Å². The Labute approximate surface area is 109 Å². The van der Waals surface area contributed by atoms with E-state index in [9.17, 15) is 4.79 Å². The van der Waals surface area contributed by atoms with E-state index in [2.05, 4.69) is 0 Å². The van der Waals surface area contributed by atoms with Crippen molar-refractivity contribution in [3.05, 3.63) is 35.9 Å². The van der Waals surface area contributed by atoms with Gasteiger partial charge in [0.1, 0.15) is 5.54 Å². The molecule has 0 bridgehead atoms. The van der Waals surface area contributed by atoms with Crippen molar-refractivity contribution in [1.29, 1.82) is 0 Å². The van der Waals surface area contributed by atoms with Gasteiger partial charge in [0.25, 0.3) is 0 Å². The predicted molar refractivity (Wildman–Crippen MR) is 73.0 cm³/mol. The summed E-state index contributed by atoms with van der Waals surface area (Å²) in [5.41, 5.74) is 6.25. The SMILES string of the molecule is CC(N)(C(=O)N1CCCCCC1)c1ccccc1. The summed E-state index contributed by atoms with van der Waals surface area (Å²) in [4.78, 5) is 14.5. The first kappa shape index (κ1) is 13.1. The molecule has 1 fully saturated rings. The van der Waals surface area contributed by atoms with Gasteiger partial charge in [-0.2, -0.15) is 0 Å². The van der Waals surface area contributed by atoms with Crippen molar-refractivity contribution < 1.29 is 4.79 Å². The summed E-state index contributed by atoms with van der Waals surface area (Å²) in [6.07, 6.45) is 4.63. The average molecular weight is 246 g/mol. The number of carbonyl (C=O) groups excluding carboxylic acids is 1. The molecule has 3 nitrogen and oxygen atoms in total. The number of rotatable bonds is 2. The smallest absolute Gasteiger partial charge is 0.246 e. The van der Waals surface area contributed by atoms with E-state index in [1.54, 1.807) is 0 Å². The summed E-state index contributed by atoms with van der Waals surface area (Å²) < 4.78 is 0. The van der Waals surface area contributed by atoms with Gasteiger partial charge in [0.05, 0.1) is 0 Å². The molecular weight excluding hydrogens is 224 g/mol. The fourth-order valence-electron chi connectivity index (χ4n) is 2.51. The number of hydrogen-bond donors (Lipinski definition) is 1. The van der Waals surface area contributed by atoms with Crippen molar-refractivity contribution >= 4 is 5.91 Å². The van der Waals surface area contributed by atoms with E-state index in [-0.39, 0.29) is 5.91 Å². The van der Waals surface area contributed by atoms with Crippen LogP contribution in [0.4, 0.5) is 0 Å². The zero-order chi connectivity index (χ0) is 13.0. The van der Waals surface area contributed by atoms with E-state index in [0.29, 0.717) is 0 Å². The van der Waals surface area contributed by atoms with E-state index in [1.807, 2.05) is 42.2 Å². The fourth-order valence-corrected chi connectivity index (χ4v) is 2.51. The summed E-state index contributed by atoms with van der Waals surface area (Å²) in [5.74, 6) is 0.0515. The molecule has 0 aromatic heterocycles. The third-order valence-corrected chi connectivity index (χ3v) is 3.71. The van der Waals surface area contributed by atoms with Gasteiger partial charge in [-0.15, -0.1) is 0 Å². The standard InChI is InChI=1S/C15H22N2O/c1-15(16,13-9-5-4-6-10-13)14(18)17-11-7-2-3-8-12-17/h4-6,9-10H,2-3,7-8,11-12,16H2,1H3. The number of nitrogens with zero attached hydrogens (tertiary/aromatic N) is 1. The molecule has 1 heterocycles. The molecule has 1 aromatic carbocycles. The monoisotopic (exact) mass is 246 g/mol. The first-order chi connectivity index (χ1) is 8.62. The minimum absolute atomic E-state index is 0.0515. The third-order valence-electron chi connectivity index (χ3n) is 3.71. The van der Waals surface area contributed by atoms with Crippen LogP contribution in [-0.2, 0) is 10.3 Å². The fraction of sp³-hybridized carbons (Fsp3) is 0.533. The molecule has 18 heavy (non-hydrogen) atoms. The molecule has 1 atom stereocenters. The maximum absolute atomic E-state index is 12.6. The molecule has 1 aliphatic rings. The molecule has 0 radical (unpaired) electrons. The van der Waals surface area contributed by atoms with Gasteiger partial charge >= 0.3 is 0 Å². The lowest BCUT2D eigenvalue weighted by atomic mass is 9.91. The normalized spacial score (nSPS) is 20.0. The zero-order valence-electron chi connectivity index (χ0n) is 11.1. The van der Waals surface area contributed by atoms with Gasteiger partial charge < -0.3 is 10.6 Å². The molecule has 2 N–H and O–H groups in total. The van der Waals surface area contributed by atoms with E-state index in [1.165, 1.54) is 12.8 Å². The highest BCUT2D eigenvalue weighted by Gasteiger charge is 2.34. The Bertz CT molecular complexity index is 392. The van der Waals surface area contributed by atoms with Crippen LogP contribution in [0.25, 0.3) is 0 Å². The van der Waals surface area contributed by atoms with E-state index in [4.69, 9.17) is 5.73 Å². The van der Waals surface area contributed by atoms with Crippen LogP contribution in [0.15, 0.2) is 30.3 Å². The van der Waals surface area contributed by atoms with Crippen molar-refractivity contribution in [2.75, 3.05) is 13.1 Å². The minimum Gasteiger partial charge on any atom is -0.341 e. The van der Waals surface area contributed by atoms with Crippen LogP contribution >= 0.6 is 0 Å². The first-order valence-electron chi connectivity index (χ1n) is 6.76. The molecular formula is C15H22N2O. The summed E-state index contributed by atoms with van der Waals surface area (Å²) >= 11 is 0. The number of nitrogens with two attached hydrogens (primary N) is 1. The Kier molecular flexibility index (Phi) is 4.02. The van der Waals surface area contributed by atoms with Crippen LogP contribution in [0.1, 0.15) is 38.2 Å². The number of likely N-dealkylation sites (tertiary alicyclic amines) is 1. The van der Waals surface area contributed by atoms with E-state index >= 15 is 0 Å². The molecule has 0 aliphatic carbocycles. The number of amides is 1. The molecule has 1 saturated heterocycles. The van der Waals surface area contributed by atoms with Crippen LogP contribution in [0.3, 0.4) is 0 Å². The van der Waals surface area contributed by atoms with Crippen LogP contribution in [-0.4, -0.2) is 23.9 Å². The van der Waals surface area contributed by atoms with Gasteiger partial charge in [-0.1, -0.05) is 43.2 Å². The zero-order valence-corrected chi connectivity index (χ0v) is 11.1. The van der Waals surface area contributed by atoms with Crippen LogP contribution < -0.4 is 5.73 Å². The molecule has 0 saturated carbocycles. The number of benzene rings is 1. The molecule has 98 valence electrons. The van der Waals surface area contributed by atoms with Gasteiger partial charge in [-0.05, 0) is 25.3 Å². The molecule has 1 amide bonds. The highest BCUT2D eigenvalue weighted by molar-refractivity contribution is 5.87. The Balaban J connectivity index is 2.16. The largest absolute Gasteiger partial charge is 0.341 e. The van der Waals surface area contributed by atoms with Crippen LogP contribution in [0.2, 0.25) is 0 Å². The quantitative estimate of drug-likeness (QED) is 0.870. The van der Waals surface area contributed by atoms with Crippen molar-refractivity contribution in [2.24, 2.45) is 5.73 Å². The Morgan fingerprint density at radius 3 is 2.22 bits per heavy atom. The lowest BCUT2D eigenvalue weighted by molar-refractivity contribution is -0.136. The maximum atomic E-state index is 12.6. The van der Waals surface area contributed by atoms with Gasteiger partial charge in [0.15, 0.2) is 0 Å². The van der Waals surface area contributed by atoms with Crippen molar-refractivity contribution in [3.8, 4) is 0 Å². The summed E-state index contributed by atoms with van der Waals surface area (Å²) in [6, 6.07) is 9.65. The van der Waals surface area contributed by atoms with E-state index < -0.39 is 5.54 Å². The summed E-state index contributed by atoms with van der Waals surface area (Å²) in [6.45, 7) is 3.51. The molecule has 1 unspecified atom stereocenters. The highest BCUT2D eigenvalue weighted by Crippen LogP contribution is 2.22. The second kappa shape index (κ2) is 5.53. The van der Waals surface area contributed by atoms with Crippen molar-refractivity contribution in [3.63, 3.8) is 0 Å². The molecule has 3 heteroatoms. The minimum atomic E-state index is -0.911. The Hall–Kier alpha value is -1.35. The number of carbonyl (C=O) groups is 1. The lowest BCUT2D eigenvalue weighted by Crippen LogP contribution is -2.51. The van der Waals surface area contributed by atoms with E-state index in [0.717, 1.165) is 31.5 Å². The van der Waals surface area contributed by atoms with Gasteiger partial charge in [-0.25, -0.2) is 0 Å². The lowest BCUT2D eigenvalue weighted by Gasteiger charge is -2.31. The summed E-state index contributed by atoms with van der Waals surface area (Å²) in [5, 5.41) is 0. The third kappa shape index (κ3) is 2.72. The Morgan fingerprint density at radius 1 is 1.11 bits per heavy atom. The average Bonchev–Trinajstić information content (AvgIpc) is 2.67. The van der Waals surface area contributed by atoms with Gasteiger partial charge in [0, 0.05) is 13.1 Å². The summed E-state index contributed by atoms with van der Waals surface area (Å²) in [7, 11) is 0. The van der Waals surface area contributed by atoms with Gasteiger partial charge in [-0.3, -0.25) is 4.79 Å². The number of hydrogen-bond acceptors (Lipinski definition) is 2. The molecule has 1 aromatic rings. The topological polar surface area (TPSA) is 46.3 Å². The van der Waals surface area contributed by atoms with Crippen molar-refractivity contribution in [2.45, 2.75) is 38.1 Å². The molecule has 0 spiro atoms. The Morgan fingerprint density at radius 2 is 1.67 bits per heavy atom. The van der Waals surface area contributed by atoms with Gasteiger partial charge in [0.2, 0.25) is 5.91 Å². The second-order valence-electron chi connectivity index (χ2n) is 5.27. The highest BCUT2D eigenvalue weighted by atomic mass is 16.2. The van der Waals surface area contributed by atoms with Crippen LogP contribution in [0, 0.1) is 0 Å². The predicted octanol–water partition coefficient (Wildman–Crippen LogP) is 2.26. The molecule has 1 aliphatic heterocycles. The first-order valence-corrected chi connectivity index (χ1v) is 6.76. The van der Waals surface area contributed by atoms with Crippen molar-refractivity contribution in [1.82, 2.24) is 4.90 Å². The second-order valence-corrected chi connectivity index (χ2v) is 5.27. The molecule has 2 rings (SSSR count). The maximum Gasteiger partial charge on any atom is 0.246 e.